The van der Waals surface area contributed by atoms with Crippen molar-refractivity contribution in [1.82, 2.24) is 0 Å². The number of hydrogen-bond donors (Lipinski definition) is 4. The van der Waals surface area contributed by atoms with Gasteiger partial charge in [0.1, 0.15) is 19.3 Å². The van der Waals surface area contributed by atoms with Crippen LogP contribution in [0.4, 0.5) is 0 Å². The molecule has 0 aliphatic heterocycles. The van der Waals surface area contributed by atoms with Crippen LogP contribution in [0.2, 0.25) is 0 Å². The third-order valence-corrected chi connectivity index (χ3v) is 8.85. The van der Waals surface area contributed by atoms with Crippen LogP contribution in [-0.2, 0) is 19.1 Å². The van der Waals surface area contributed by atoms with Crippen LogP contribution in [-0.4, -0.2) is 70.0 Å². The first-order valence-electron chi connectivity index (χ1n) is 18.0. The molecule has 1 aliphatic carbocycles. The van der Waals surface area contributed by atoms with E-state index in [4.69, 9.17) is 9.47 Å². The van der Waals surface area contributed by atoms with E-state index >= 15 is 0 Å². The highest BCUT2D eigenvalue weighted by atomic mass is 16.6. The molecule has 0 aromatic rings. The topological polar surface area (TPSA) is 134 Å². The second-order valence-electron chi connectivity index (χ2n) is 13.0. The molecule has 1 fully saturated rings. The molecule has 8 nitrogen and oxygen atoms in total. The predicted molar refractivity (Wildman–Crippen MR) is 175 cm³/mol. The smallest absolute Gasteiger partial charge is 0.305 e. The highest BCUT2D eigenvalue weighted by Crippen LogP contribution is 2.37. The lowest BCUT2D eigenvalue weighted by Gasteiger charge is -2.21. The fraction of sp³-hybridized carbons (Fsp3) is 0.889. The van der Waals surface area contributed by atoms with E-state index < -0.39 is 24.4 Å². The van der Waals surface area contributed by atoms with Crippen molar-refractivity contribution in [3.63, 3.8) is 0 Å². The van der Waals surface area contributed by atoms with Crippen molar-refractivity contribution in [3.8, 4) is 0 Å². The normalized spacial score (nSPS) is 21.5. The Morgan fingerprint density at radius 2 is 1.16 bits per heavy atom. The molecular formula is C36H66O8. The van der Waals surface area contributed by atoms with E-state index in [2.05, 4.69) is 13.8 Å². The molecular weight excluding hydrogens is 560 g/mol. The molecule has 1 saturated carbocycles. The van der Waals surface area contributed by atoms with Crippen LogP contribution in [0.5, 0.6) is 0 Å². The predicted octanol–water partition coefficient (Wildman–Crippen LogP) is 6.94. The summed E-state index contributed by atoms with van der Waals surface area (Å²) in [5.41, 5.74) is 0. The molecule has 44 heavy (non-hydrogen) atoms. The number of ether oxygens (including phenoxy) is 2. The van der Waals surface area contributed by atoms with E-state index in [9.17, 15) is 30.0 Å². The summed E-state index contributed by atoms with van der Waals surface area (Å²) < 4.78 is 10.3. The van der Waals surface area contributed by atoms with Gasteiger partial charge in [-0.15, -0.1) is 0 Å². The van der Waals surface area contributed by atoms with E-state index in [-0.39, 0.29) is 43.4 Å². The average Bonchev–Trinajstić information content (AvgIpc) is 3.27. The number of hydrogen-bond acceptors (Lipinski definition) is 8. The van der Waals surface area contributed by atoms with Crippen molar-refractivity contribution in [2.45, 2.75) is 180 Å². The largest absolute Gasteiger partial charge is 0.463 e. The van der Waals surface area contributed by atoms with Crippen molar-refractivity contribution < 1.29 is 39.5 Å². The van der Waals surface area contributed by atoms with Gasteiger partial charge >= 0.3 is 11.9 Å². The molecule has 0 heterocycles. The fourth-order valence-corrected chi connectivity index (χ4v) is 6.06. The van der Waals surface area contributed by atoms with Crippen molar-refractivity contribution in [3.05, 3.63) is 12.2 Å². The zero-order valence-corrected chi connectivity index (χ0v) is 28.0. The summed E-state index contributed by atoms with van der Waals surface area (Å²) in [5.74, 6) is -0.875. The van der Waals surface area contributed by atoms with Crippen molar-refractivity contribution in [1.29, 1.82) is 0 Å². The Morgan fingerprint density at radius 3 is 1.70 bits per heavy atom. The monoisotopic (exact) mass is 626 g/mol. The molecule has 0 radical (unpaired) electrons. The van der Waals surface area contributed by atoms with Crippen LogP contribution in [0.25, 0.3) is 0 Å². The summed E-state index contributed by atoms with van der Waals surface area (Å²) in [6.45, 7) is 4.00. The molecule has 0 aromatic carbocycles. The summed E-state index contributed by atoms with van der Waals surface area (Å²) in [4.78, 5) is 24.0. The second kappa shape index (κ2) is 26.7. The maximum atomic E-state index is 12.0. The third kappa shape index (κ3) is 20.5. The van der Waals surface area contributed by atoms with E-state index in [1.807, 2.05) is 6.08 Å². The average molecular weight is 627 g/mol. The van der Waals surface area contributed by atoms with Crippen molar-refractivity contribution in [2.75, 3.05) is 13.2 Å². The Labute approximate surface area is 268 Å². The van der Waals surface area contributed by atoms with E-state index in [1.54, 1.807) is 6.08 Å². The number of esters is 2. The van der Waals surface area contributed by atoms with Gasteiger partial charge in [0.05, 0.1) is 18.3 Å². The lowest BCUT2D eigenvalue weighted by molar-refractivity contribution is -0.152. The first-order valence-corrected chi connectivity index (χ1v) is 18.0. The minimum absolute atomic E-state index is 0.0282. The Hall–Kier alpha value is -1.48. The van der Waals surface area contributed by atoms with Gasteiger partial charge in [0, 0.05) is 25.2 Å². The van der Waals surface area contributed by atoms with Crippen LogP contribution < -0.4 is 0 Å². The molecule has 0 spiro atoms. The number of carbonyl (C=O) groups excluding carboxylic acids is 2. The minimum atomic E-state index is -1.02. The van der Waals surface area contributed by atoms with Crippen molar-refractivity contribution in [2.24, 2.45) is 11.8 Å². The van der Waals surface area contributed by atoms with Gasteiger partial charge in [0.15, 0.2) is 0 Å². The molecule has 0 unspecified atom stereocenters. The summed E-state index contributed by atoms with van der Waals surface area (Å²) in [6, 6.07) is 0. The number of carbonyl (C=O) groups is 2. The minimum Gasteiger partial charge on any atom is -0.463 e. The quantitative estimate of drug-likeness (QED) is 0.0417. The molecule has 258 valence electrons. The summed E-state index contributed by atoms with van der Waals surface area (Å²) in [6.07, 6.45) is 21.9. The third-order valence-electron chi connectivity index (χ3n) is 8.85. The van der Waals surface area contributed by atoms with Gasteiger partial charge in [-0.1, -0.05) is 122 Å². The standard InChI is InChI=1S/C36H66O8/c1-3-5-7-8-9-10-11-12-13-18-22-35(41)43-27-30(38)28-44-36(42)23-19-15-14-17-21-31-32(34(40)26-33(31)39)25-24-29(37)20-16-6-4-2/h24-25,29-34,37-40H,3-23,26-28H2,1-2H3/b25-24+/t29-,30+,31+,32+,33-,34+/m0/s1. The Bertz CT molecular complexity index is 742. The lowest BCUT2D eigenvalue weighted by Crippen LogP contribution is -2.25. The van der Waals surface area contributed by atoms with Gasteiger partial charge in [0.25, 0.3) is 0 Å². The fourth-order valence-electron chi connectivity index (χ4n) is 6.06. The zero-order valence-electron chi connectivity index (χ0n) is 28.0. The van der Waals surface area contributed by atoms with Gasteiger partial charge in [-0.25, -0.2) is 0 Å². The molecule has 1 aliphatic rings. The zero-order chi connectivity index (χ0) is 32.4. The van der Waals surface area contributed by atoms with Crippen LogP contribution in [0.1, 0.15) is 155 Å². The second-order valence-corrected chi connectivity index (χ2v) is 13.0. The number of rotatable bonds is 28. The van der Waals surface area contributed by atoms with Gasteiger partial charge in [-0.05, 0) is 31.6 Å². The van der Waals surface area contributed by atoms with Gasteiger partial charge in [-0.2, -0.15) is 0 Å². The maximum Gasteiger partial charge on any atom is 0.305 e. The Kier molecular flexibility index (Phi) is 24.6. The highest BCUT2D eigenvalue weighted by Gasteiger charge is 2.39. The summed E-state index contributed by atoms with van der Waals surface area (Å²) in [7, 11) is 0. The van der Waals surface area contributed by atoms with Crippen LogP contribution >= 0.6 is 0 Å². The first kappa shape index (κ1) is 40.5. The SMILES string of the molecule is CCCCCCCCCCCCC(=O)OC[C@@H](O)COC(=O)CCCCCC[C@@H]1[C@@H](/C=C/[C@@H](O)CCCCC)[C@H](O)C[C@@H]1O. The number of unbranched alkanes of at least 4 members (excludes halogenated alkanes) is 14. The van der Waals surface area contributed by atoms with Crippen LogP contribution in [0.3, 0.4) is 0 Å². The van der Waals surface area contributed by atoms with E-state index in [0.717, 1.165) is 64.2 Å². The molecule has 8 heteroatoms. The molecule has 0 amide bonds. The first-order chi connectivity index (χ1) is 21.3. The van der Waals surface area contributed by atoms with Crippen LogP contribution in [0.15, 0.2) is 12.2 Å². The van der Waals surface area contributed by atoms with Gasteiger partial charge in [0.2, 0.25) is 0 Å². The Morgan fingerprint density at radius 1 is 0.682 bits per heavy atom. The molecule has 0 aromatic heterocycles. The van der Waals surface area contributed by atoms with Crippen LogP contribution in [0, 0.1) is 11.8 Å². The van der Waals surface area contributed by atoms with E-state index in [0.29, 0.717) is 25.7 Å². The van der Waals surface area contributed by atoms with Gasteiger partial charge < -0.3 is 29.9 Å². The lowest BCUT2D eigenvalue weighted by atomic mass is 9.88. The highest BCUT2D eigenvalue weighted by molar-refractivity contribution is 5.69. The molecule has 1 rings (SSSR count). The maximum absolute atomic E-state index is 12.0. The molecule has 4 N–H and O–H groups in total. The summed E-state index contributed by atoms with van der Waals surface area (Å²) in [5, 5.41) is 41.1. The summed E-state index contributed by atoms with van der Waals surface area (Å²) >= 11 is 0. The molecule has 0 bridgehead atoms. The van der Waals surface area contributed by atoms with E-state index in [1.165, 1.54) is 44.9 Å². The molecule has 6 atom stereocenters. The number of aliphatic hydroxyl groups excluding tert-OH is 4. The number of aliphatic hydroxyl groups is 4. The Balaban J connectivity index is 2.07. The van der Waals surface area contributed by atoms with Gasteiger partial charge in [-0.3, -0.25) is 9.59 Å². The van der Waals surface area contributed by atoms with Crippen molar-refractivity contribution >= 4 is 11.9 Å². The molecule has 0 saturated heterocycles.